The van der Waals surface area contributed by atoms with E-state index in [2.05, 4.69) is 4.98 Å². The molecule has 3 aromatic rings. The fraction of sp³-hybridized carbons (Fsp3) is 0.286. The molecule has 0 N–H and O–H groups in total. The molecule has 0 aliphatic rings. The molecule has 1 unspecified atom stereocenters. The van der Waals surface area contributed by atoms with Gasteiger partial charge in [0.15, 0.2) is 0 Å². The van der Waals surface area contributed by atoms with Crippen LogP contribution in [0.5, 0.6) is 0 Å². The molecule has 4 nitrogen and oxygen atoms in total. The second-order valence-electron chi connectivity index (χ2n) is 4.49. The number of para-hydroxylation sites is 1. The topological polar surface area (TPSA) is 48.0 Å². The molecule has 0 aliphatic heterocycles. The Hall–Kier alpha value is -2.10. The smallest absolute Gasteiger partial charge is 0.297 e. The monoisotopic (exact) mass is 242 g/mol. The maximum atomic E-state index is 12.3. The Balaban J connectivity index is 2.39. The first-order valence-electron chi connectivity index (χ1n) is 6.10. The fourth-order valence-electron chi connectivity index (χ4n) is 2.11. The zero-order valence-corrected chi connectivity index (χ0v) is 10.4. The van der Waals surface area contributed by atoms with E-state index in [-0.39, 0.29) is 11.6 Å². The van der Waals surface area contributed by atoms with Gasteiger partial charge in [0.1, 0.15) is 11.1 Å². The maximum Gasteiger partial charge on any atom is 0.297 e. The summed E-state index contributed by atoms with van der Waals surface area (Å²) >= 11 is 0. The molecule has 0 saturated carbocycles. The average molecular weight is 242 g/mol. The van der Waals surface area contributed by atoms with Gasteiger partial charge < -0.3 is 4.42 Å². The molecule has 0 bridgehead atoms. The SMILES string of the molecule is CCC(C)n1cnc2c(oc3ccccc32)c1=O. The standard InChI is InChI=1S/C14H14N2O2/c1-3-9(2)16-8-15-12-10-6-4-5-7-11(10)18-13(12)14(16)17/h4-9H,3H2,1-2H3. The average Bonchev–Trinajstić information content (AvgIpc) is 2.78. The van der Waals surface area contributed by atoms with Gasteiger partial charge in [-0.05, 0) is 25.5 Å². The van der Waals surface area contributed by atoms with Gasteiger partial charge in [-0.2, -0.15) is 0 Å². The van der Waals surface area contributed by atoms with Crippen LogP contribution in [0.15, 0.2) is 39.8 Å². The second-order valence-corrected chi connectivity index (χ2v) is 4.49. The summed E-state index contributed by atoms with van der Waals surface area (Å²) in [5, 5.41) is 0.890. The van der Waals surface area contributed by atoms with Crippen molar-refractivity contribution in [3.63, 3.8) is 0 Å². The minimum Gasteiger partial charge on any atom is -0.448 e. The van der Waals surface area contributed by atoms with Gasteiger partial charge in [-0.25, -0.2) is 4.98 Å². The first-order chi connectivity index (χ1) is 8.72. The minimum absolute atomic E-state index is 0.106. The molecule has 0 aliphatic carbocycles. The lowest BCUT2D eigenvalue weighted by Gasteiger charge is -2.10. The third kappa shape index (κ3) is 1.45. The van der Waals surface area contributed by atoms with Gasteiger partial charge in [-0.3, -0.25) is 9.36 Å². The van der Waals surface area contributed by atoms with E-state index >= 15 is 0 Å². The van der Waals surface area contributed by atoms with Gasteiger partial charge >= 0.3 is 0 Å². The van der Waals surface area contributed by atoms with Gasteiger partial charge in [0.05, 0.1) is 6.33 Å². The Morgan fingerprint density at radius 1 is 1.39 bits per heavy atom. The zero-order chi connectivity index (χ0) is 12.7. The van der Waals surface area contributed by atoms with Crippen molar-refractivity contribution in [1.29, 1.82) is 0 Å². The Labute approximate surface area is 104 Å². The lowest BCUT2D eigenvalue weighted by atomic mass is 10.2. The van der Waals surface area contributed by atoms with E-state index in [4.69, 9.17) is 4.42 Å². The molecule has 4 heteroatoms. The molecule has 0 radical (unpaired) electrons. The van der Waals surface area contributed by atoms with Gasteiger partial charge in [-0.1, -0.05) is 19.1 Å². The number of hydrogen-bond acceptors (Lipinski definition) is 3. The summed E-state index contributed by atoms with van der Waals surface area (Å²) in [6.07, 6.45) is 2.49. The van der Waals surface area contributed by atoms with Crippen molar-refractivity contribution < 1.29 is 4.42 Å². The molecule has 92 valence electrons. The molecule has 18 heavy (non-hydrogen) atoms. The number of nitrogens with zero attached hydrogens (tertiary/aromatic N) is 2. The van der Waals surface area contributed by atoms with Crippen LogP contribution in [0.2, 0.25) is 0 Å². The summed E-state index contributed by atoms with van der Waals surface area (Å²) in [6, 6.07) is 7.70. The summed E-state index contributed by atoms with van der Waals surface area (Å²) < 4.78 is 7.25. The highest BCUT2D eigenvalue weighted by Gasteiger charge is 2.14. The van der Waals surface area contributed by atoms with Crippen molar-refractivity contribution in [2.45, 2.75) is 26.3 Å². The van der Waals surface area contributed by atoms with E-state index in [0.29, 0.717) is 16.7 Å². The number of rotatable bonds is 2. The van der Waals surface area contributed by atoms with Gasteiger partial charge in [0.25, 0.3) is 5.56 Å². The van der Waals surface area contributed by atoms with Crippen LogP contribution in [-0.4, -0.2) is 9.55 Å². The van der Waals surface area contributed by atoms with Crippen molar-refractivity contribution in [2.24, 2.45) is 0 Å². The normalized spacial score (nSPS) is 13.2. The second kappa shape index (κ2) is 3.98. The number of hydrogen-bond donors (Lipinski definition) is 0. The molecule has 0 saturated heterocycles. The lowest BCUT2D eigenvalue weighted by Crippen LogP contribution is -2.22. The highest BCUT2D eigenvalue weighted by Crippen LogP contribution is 2.24. The summed E-state index contributed by atoms with van der Waals surface area (Å²) in [5.74, 6) is 0. The Bertz CT molecular complexity index is 770. The highest BCUT2D eigenvalue weighted by atomic mass is 16.3. The molecular weight excluding hydrogens is 228 g/mol. The van der Waals surface area contributed by atoms with E-state index in [9.17, 15) is 4.79 Å². The van der Waals surface area contributed by atoms with E-state index in [1.165, 1.54) is 0 Å². The summed E-state index contributed by atoms with van der Waals surface area (Å²) in [7, 11) is 0. The molecule has 3 rings (SSSR count). The molecule has 2 heterocycles. The van der Waals surface area contributed by atoms with Crippen molar-refractivity contribution in [3.8, 4) is 0 Å². The Morgan fingerprint density at radius 2 is 2.17 bits per heavy atom. The molecular formula is C14H14N2O2. The zero-order valence-electron chi connectivity index (χ0n) is 10.4. The van der Waals surface area contributed by atoms with Crippen LogP contribution in [0.3, 0.4) is 0 Å². The third-order valence-corrected chi connectivity index (χ3v) is 3.37. The Morgan fingerprint density at radius 3 is 2.94 bits per heavy atom. The third-order valence-electron chi connectivity index (χ3n) is 3.37. The van der Waals surface area contributed by atoms with E-state index in [0.717, 1.165) is 11.8 Å². The van der Waals surface area contributed by atoms with Crippen molar-refractivity contribution >= 4 is 22.1 Å². The quantitative estimate of drug-likeness (QED) is 0.693. The van der Waals surface area contributed by atoms with Crippen LogP contribution >= 0.6 is 0 Å². The predicted molar refractivity (Wildman–Crippen MR) is 70.8 cm³/mol. The number of aromatic nitrogens is 2. The largest absolute Gasteiger partial charge is 0.448 e. The summed E-state index contributed by atoms with van der Waals surface area (Å²) in [5.41, 5.74) is 1.60. The van der Waals surface area contributed by atoms with Crippen LogP contribution in [0.25, 0.3) is 22.1 Å². The van der Waals surface area contributed by atoms with E-state index in [1.54, 1.807) is 10.9 Å². The molecule has 2 aromatic heterocycles. The van der Waals surface area contributed by atoms with E-state index < -0.39 is 0 Å². The number of benzene rings is 1. The number of furan rings is 1. The molecule has 0 fully saturated rings. The van der Waals surface area contributed by atoms with Gasteiger partial charge in [0, 0.05) is 11.4 Å². The molecule has 0 amide bonds. The van der Waals surface area contributed by atoms with Gasteiger partial charge in [0.2, 0.25) is 5.58 Å². The molecule has 0 spiro atoms. The van der Waals surface area contributed by atoms with E-state index in [1.807, 2.05) is 38.1 Å². The number of fused-ring (bicyclic) bond motifs is 3. The van der Waals surface area contributed by atoms with Crippen LogP contribution in [0.1, 0.15) is 26.3 Å². The van der Waals surface area contributed by atoms with Crippen LogP contribution < -0.4 is 5.56 Å². The molecule has 1 atom stereocenters. The van der Waals surface area contributed by atoms with Crippen LogP contribution in [0, 0.1) is 0 Å². The Kier molecular flexibility index (Phi) is 2.44. The van der Waals surface area contributed by atoms with Crippen molar-refractivity contribution in [2.75, 3.05) is 0 Å². The summed E-state index contributed by atoms with van der Waals surface area (Å²) in [4.78, 5) is 16.7. The van der Waals surface area contributed by atoms with Crippen LogP contribution in [0.4, 0.5) is 0 Å². The minimum atomic E-state index is -0.106. The first-order valence-corrected chi connectivity index (χ1v) is 6.10. The predicted octanol–water partition coefficient (Wildman–Crippen LogP) is 3.11. The lowest BCUT2D eigenvalue weighted by molar-refractivity contribution is 0.503. The highest BCUT2D eigenvalue weighted by molar-refractivity contribution is 6.01. The van der Waals surface area contributed by atoms with Crippen molar-refractivity contribution in [1.82, 2.24) is 9.55 Å². The summed E-state index contributed by atoms with van der Waals surface area (Å²) in [6.45, 7) is 4.04. The van der Waals surface area contributed by atoms with Crippen molar-refractivity contribution in [3.05, 3.63) is 40.9 Å². The van der Waals surface area contributed by atoms with Crippen LogP contribution in [-0.2, 0) is 0 Å². The maximum absolute atomic E-state index is 12.3. The van der Waals surface area contributed by atoms with Gasteiger partial charge in [-0.15, -0.1) is 0 Å². The first kappa shape index (κ1) is 11.0. The fourth-order valence-corrected chi connectivity index (χ4v) is 2.11. The molecule has 1 aromatic carbocycles.